The number of carbonyl (C=O) groups excluding carboxylic acids is 2. The molecule has 0 fully saturated rings. The van der Waals surface area contributed by atoms with Crippen molar-refractivity contribution in [3.05, 3.63) is 0 Å². The van der Waals surface area contributed by atoms with Crippen LogP contribution in [-0.2, 0) is 19.4 Å². The number of rotatable bonds is 14. The van der Waals surface area contributed by atoms with Gasteiger partial charge in [0.05, 0.1) is 12.8 Å². The van der Waals surface area contributed by atoms with Gasteiger partial charge in [-0.05, 0) is 12.8 Å². The molecule has 0 radical (unpaired) electrons. The minimum atomic E-state index is -0.438. The molecule has 0 aromatic rings. The van der Waals surface area contributed by atoms with Crippen molar-refractivity contribution < 1.29 is 19.4 Å². The molecule has 0 bridgehead atoms. The molecule has 0 amide bonds. The van der Waals surface area contributed by atoms with Gasteiger partial charge in [0.15, 0.2) is 0 Å². The largest absolute Gasteiger partial charge is 0.355 e. The van der Waals surface area contributed by atoms with Crippen LogP contribution in [0.1, 0.15) is 104 Å². The Morgan fingerprint density at radius 1 is 0.545 bits per heavy atom. The van der Waals surface area contributed by atoms with Crippen molar-refractivity contribution in [2.75, 3.05) is 0 Å². The third-order valence-electron chi connectivity index (χ3n) is 3.70. The molecule has 22 heavy (non-hydrogen) atoms. The van der Waals surface area contributed by atoms with Gasteiger partial charge in [-0.3, -0.25) is 0 Å². The zero-order valence-corrected chi connectivity index (χ0v) is 14.5. The molecule has 4 nitrogen and oxygen atoms in total. The molecule has 0 aliphatic rings. The molecule has 0 saturated heterocycles. The maximum Gasteiger partial charge on any atom is 0.355 e. The Balaban J connectivity index is 3.36. The third kappa shape index (κ3) is 15.3. The van der Waals surface area contributed by atoms with E-state index in [0.29, 0.717) is 12.8 Å². The summed E-state index contributed by atoms with van der Waals surface area (Å²) in [5.74, 6) is -0.876. The van der Waals surface area contributed by atoms with Crippen LogP contribution in [0.4, 0.5) is 0 Å². The molecule has 0 rings (SSSR count). The number of unbranched alkanes of at least 4 members (excludes halogenated alkanes) is 10. The van der Waals surface area contributed by atoms with Crippen LogP contribution in [-0.4, -0.2) is 11.9 Å². The second-order valence-corrected chi connectivity index (χ2v) is 5.95. The summed E-state index contributed by atoms with van der Waals surface area (Å²) in [6.07, 6.45) is 14.0. The molecule has 0 spiro atoms. The molecule has 130 valence electrons. The lowest BCUT2D eigenvalue weighted by Gasteiger charge is -2.04. The second-order valence-electron chi connectivity index (χ2n) is 5.95. The smallest absolute Gasteiger partial charge is 0.247 e. The van der Waals surface area contributed by atoms with Crippen LogP contribution in [0.15, 0.2) is 0 Å². The zero-order chi connectivity index (χ0) is 16.5. The standard InChI is InChI=1S/C18H34O4/c1-3-5-7-9-11-13-15-17(19)21-22-18(20)16-14-12-10-8-6-4-2/h3-16H2,1-2H3. The molecule has 0 N–H and O–H groups in total. The second kappa shape index (κ2) is 16.3. The quantitative estimate of drug-likeness (QED) is 0.242. The summed E-state index contributed by atoms with van der Waals surface area (Å²) >= 11 is 0. The summed E-state index contributed by atoms with van der Waals surface area (Å²) in [4.78, 5) is 31.8. The predicted octanol–water partition coefficient (Wildman–Crippen LogP) is 5.49. The summed E-state index contributed by atoms with van der Waals surface area (Å²) in [5, 5.41) is 0. The Bertz CT molecular complexity index is 248. The molecular formula is C18H34O4. The van der Waals surface area contributed by atoms with Crippen LogP contribution in [0, 0.1) is 0 Å². The van der Waals surface area contributed by atoms with E-state index in [4.69, 9.17) is 0 Å². The molecule has 0 aliphatic carbocycles. The fourth-order valence-electron chi connectivity index (χ4n) is 2.28. The van der Waals surface area contributed by atoms with Crippen molar-refractivity contribution in [3.63, 3.8) is 0 Å². The third-order valence-corrected chi connectivity index (χ3v) is 3.70. The molecule has 0 aromatic carbocycles. The van der Waals surface area contributed by atoms with E-state index in [1.165, 1.54) is 38.5 Å². The summed E-state index contributed by atoms with van der Waals surface area (Å²) < 4.78 is 0. The molecule has 0 unspecified atom stereocenters. The number of hydrogen-bond acceptors (Lipinski definition) is 4. The van der Waals surface area contributed by atoms with Crippen LogP contribution in [0.3, 0.4) is 0 Å². The van der Waals surface area contributed by atoms with Crippen LogP contribution in [0.25, 0.3) is 0 Å². The van der Waals surface area contributed by atoms with E-state index in [1.807, 2.05) is 0 Å². The molecule has 4 heteroatoms. The highest BCUT2D eigenvalue weighted by atomic mass is 17.2. The van der Waals surface area contributed by atoms with Gasteiger partial charge < -0.3 is 0 Å². The van der Waals surface area contributed by atoms with Gasteiger partial charge in [0.2, 0.25) is 0 Å². The normalized spacial score (nSPS) is 10.5. The maximum absolute atomic E-state index is 11.4. The zero-order valence-electron chi connectivity index (χ0n) is 14.5. The van der Waals surface area contributed by atoms with E-state index in [2.05, 4.69) is 23.6 Å². The van der Waals surface area contributed by atoms with E-state index in [0.717, 1.165) is 38.5 Å². The van der Waals surface area contributed by atoms with Gasteiger partial charge in [-0.1, -0.05) is 78.1 Å². The first-order chi connectivity index (χ1) is 10.7. The van der Waals surface area contributed by atoms with Gasteiger partial charge in [-0.15, -0.1) is 0 Å². The van der Waals surface area contributed by atoms with Gasteiger partial charge in [-0.2, -0.15) is 0 Å². The molecular weight excluding hydrogens is 280 g/mol. The Morgan fingerprint density at radius 2 is 0.864 bits per heavy atom. The van der Waals surface area contributed by atoms with Crippen molar-refractivity contribution in [2.45, 2.75) is 104 Å². The minimum Gasteiger partial charge on any atom is -0.247 e. The average Bonchev–Trinajstić information content (AvgIpc) is 2.52. The molecule has 0 heterocycles. The Labute approximate surface area is 135 Å². The van der Waals surface area contributed by atoms with E-state index in [-0.39, 0.29) is 0 Å². The van der Waals surface area contributed by atoms with E-state index in [1.54, 1.807) is 0 Å². The van der Waals surface area contributed by atoms with E-state index < -0.39 is 11.9 Å². The first-order valence-electron chi connectivity index (χ1n) is 9.10. The van der Waals surface area contributed by atoms with Crippen molar-refractivity contribution in [2.24, 2.45) is 0 Å². The Hall–Kier alpha value is -1.06. The first-order valence-corrected chi connectivity index (χ1v) is 9.10. The molecule has 0 aromatic heterocycles. The lowest BCUT2D eigenvalue weighted by Crippen LogP contribution is -2.11. The molecule has 0 atom stereocenters. The molecule has 0 saturated carbocycles. The Morgan fingerprint density at radius 3 is 1.23 bits per heavy atom. The van der Waals surface area contributed by atoms with Gasteiger partial charge in [-0.25, -0.2) is 19.4 Å². The average molecular weight is 314 g/mol. The highest BCUT2D eigenvalue weighted by Crippen LogP contribution is 2.09. The molecule has 0 aliphatic heterocycles. The number of carbonyl (C=O) groups is 2. The fraction of sp³-hybridized carbons (Fsp3) is 0.889. The topological polar surface area (TPSA) is 52.6 Å². The fourth-order valence-corrected chi connectivity index (χ4v) is 2.28. The van der Waals surface area contributed by atoms with Crippen LogP contribution >= 0.6 is 0 Å². The highest BCUT2D eigenvalue weighted by Gasteiger charge is 2.09. The Kier molecular flexibility index (Phi) is 15.5. The summed E-state index contributed by atoms with van der Waals surface area (Å²) in [6.45, 7) is 4.36. The lowest BCUT2D eigenvalue weighted by atomic mass is 10.1. The maximum atomic E-state index is 11.4. The van der Waals surface area contributed by atoms with E-state index >= 15 is 0 Å². The van der Waals surface area contributed by atoms with Gasteiger partial charge >= 0.3 is 11.9 Å². The van der Waals surface area contributed by atoms with Crippen molar-refractivity contribution in [1.82, 2.24) is 0 Å². The monoisotopic (exact) mass is 314 g/mol. The predicted molar refractivity (Wildman–Crippen MR) is 88.2 cm³/mol. The summed E-state index contributed by atoms with van der Waals surface area (Å²) in [5.41, 5.74) is 0. The SMILES string of the molecule is CCCCCCCCC(=O)OOC(=O)CCCCCCCC. The van der Waals surface area contributed by atoms with E-state index in [9.17, 15) is 9.59 Å². The van der Waals surface area contributed by atoms with Gasteiger partial charge in [0.1, 0.15) is 0 Å². The lowest BCUT2D eigenvalue weighted by molar-refractivity contribution is -0.259. The van der Waals surface area contributed by atoms with Gasteiger partial charge in [0.25, 0.3) is 0 Å². The van der Waals surface area contributed by atoms with Gasteiger partial charge in [0, 0.05) is 0 Å². The minimum absolute atomic E-state index is 0.330. The van der Waals surface area contributed by atoms with Crippen molar-refractivity contribution in [1.29, 1.82) is 0 Å². The van der Waals surface area contributed by atoms with Crippen molar-refractivity contribution >= 4 is 11.9 Å². The highest BCUT2D eigenvalue weighted by molar-refractivity contribution is 5.72. The first kappa shape index (κ1) is 20.9. The van der Waals surface area contributed by atoms with Crippen LogP contribution in [0.5, 0.6) is 0 Å². The summed E-state index contributed by atoms with van der Waals surface area (Å²) in [7, 11) is 0. The van der Waals surface area contributed by atoms with Crippen LogP contribution < -0.4 is 0 Å². The number of hydrogen-bond donors (Lipinski definition) is 0. The van der Waals surface area contributed by atoms with Crippen molar-refractivity contribution in [3.8, 4) is 0 Å². The van der Waals surface area contributed by atoms with Crippen LogP contribution in [0.2, 0.25) is 0 Å². The summed E-state index contributed by atoms with van der Waals surface area (Å²) in [6, 6.07) is 0.